The number of nitrogens with zero attached hydrogens (tertiary/aromatic N) is 4. The minimum atomic E-state index is -0.0108. The maximum Gasteiger partial charge on any atom is 0.276 e. The molecule has 108 valence electrons. The van der Waals surface area contributed by atoms with E-state index in [-0.39, 0.29) is 12.1 Å². The molecular formula is C13H12N4O2S2. The molecule has 8 heteroatoms. The van der Waals surface area contributed by atoms with Crippen molar-refractivity contribution >= 4 is 33.3 Å². The van der Waals surface area contributed by atoms with Crippen molar-refractivity contribution in [2.75, 3.05) is 6.26 Å². The Morgan fingerprint density at radius 1 is 1.43 bits per heavy atom. The Kier molecular flexibility index (Phi) is 3.07. The molecule has 0 saturated carbocycles. The van der Waals surface area contributed by atoms with Crippen LogP contribution in [0.1, 0.15) is 22.8 Å². The summed E-state index contributed by atoms with van der Waals surface area (Å²) >= 11 is 3.03. The number of rotatable bonds is 3. The summed E-state index contributed by atoms with van der Waals surface area (Å²) in [6, 6.07) is 0. The minimum Gasteiger partial charge on any atom is -0.414 e. The lowest BCUT2D eigenvalue weighted by Gasteiger charge is -2.02. The Labute approximate surface area is 128 Å². The lowest BCUT2D eigenvalue weighted by molar-refractivity contribution is 0.402. The summed E-state index contributed by atoms with van der Waals surface area (Å²) in [5.74, 6) is 0.425. The molecule has 0 bridgehead atoms. The van der Waals surface area contributed by atoms with Gasteiger partial charge in [-0.3, -0.25) is 9.36 Å². The molecule has 0 aliphatic heterocycles. The molecule has 6 nitrogen and oxygen atoms in total. The van der Waals surface area contributed by atoms with Crippen LogP contribution in [0.15, 0.2) is 20.8 Å². The molecular weight excluding hydrogens is 308 g/mol. The van der Waals surface area contributed by atoms with Crippen molar-refractivity contribution in [2.45, 2.75) is 31.0 Å². The van der Waals surface area contributed by atoms with Crippen molar-refractivity contribution in [1.29, 1.82) is 0 Å². The Bertz CT molecular complexity index is 880. The van der Waals surface area contributed by atoms with Crippen molar-refractivity contribution in [2.24, 2.45) is 0 Å². The molecule has 4 rings (SSSR count). The summed E-state index contributed by atoms with van der Waals surface area (Å²) in [5.41, 5.74) is 1.18. The number of thiophene rings is 1. The molecule has 0 aromatic carbocycles. The molecule has 3 aromatic rings. The van der Waals surface area contributed by atoms with Gasteiger partial charge in [-0.25, -0.2) is 4.98 Å². The van der Waals surface area contributed by atoms with Crippen LogP contribution in [0.5, 0.6) is 0 Å². The summed E-state index contributed by atoms with van der Waals surface area (Å²) in [5, 5.41) is 9.11. The SMILES string of the molecule is CSc1nnc(Cn2cnc3sc4c(c3c2=O)CCC4)o1. The Balaban J connectivity index is 1.79. The number of aromatic nitrogens is 4. The van der Waals surface area contributed by atoms with Crippen LogP contribution in [0.3, 0.4) is 0 Å². The third kappa shape index (κ3) is 2.09. The van der Waals surface area contributed by atoms with Crippen LogP contribution in [0, 0.1) is 0 Å². The lowest BCUT2D eigenvalue weighted by atomic mass is 10.2. The van der Waals surface area contributed by atoms with Gasteiger partial charge in [-0.2, -0.15) is 0 Å². The van der Waals surface area contributed by atoms with E-state index in [0.717, 1.165) is 29.5 Å². The molecule has 21 heavy (non-hydrogen) atoms. The molecule has 1 aliphatic rings. The van der Waals surface area contributed by atoms with Gasteiger partial charge in [0.15, 0.2) is 0 Å². The Hall–Kier alpha value is -1.67. The van der Waals surface area contributed by atoms with Crippen molar-refractivity contribution in [3.8, 4) is 0 Å². The van der Waals surface area contributed by atoms with Gasteiger partial charge in [0.1, 0.15) is 11.4 Å². The van der Waals surface area contributed by atoms with Crippen LogP contribution in [0.25, 0.3) is 10.2 Å². The first-order chi connectivity index (χ1) is 10.3. The maximum absolute atomic E-state index is 12.7. The highest BCUT2D eigenvalue weighted by Gasteiger charge is 2.21. The standard InChI is InChI=1S/C13H12N4O2S2/c1-20-13-16-15-9(19-13)5-17-6-14-11-10(12(17)18)7-3-2-4-8(7)21-11/h6H,2-5H2,1H3. The first-order valence-corrected chi connectivity index (χ1v) is 8.66. The summed E-state index contributed by atoms with van der Waals surface area (Å²) in [6.07, 6.45) is 6.61. The molecule has 0 fully saturated rings. The zero-order valence-electron chi connectivity index (χ0n) is 11.3. The predicted octanol–water partition coefficient (Wildman–Crippen LogP) is 2.10. The summed E-state index contributed by atoms with van der Waals surface area (Å²) in [6.45, 7) is 0.264. The summed E-state index contributed by atoms with van der Waals surface area (Å²) in [4.78, 5) is 19.2. The number of hydrogen-bond acceptors (Lipinski definition) is 7. The van der Waals surface area contributed by atoms with E-state index in [2.05, 4.69) is 15.2 Å². The van der Waals surface area contributed by atoms with E-state index in [4.69, 9.17) is 4.42 Å². The fourth-order valence-corrected chi connectivity index (χ4v) is 4.18. The van der Waals surface area contributed by atoms with Crippen molar-refractivity contribution < 1.29 is 4.42 Å². The monoisotopic (exact) mass is 320 g/mol. The van der Waals surface area contributed by atoms with Crippen LogP contribution < -0.4 is 5.56 Å². The largest absolute Gasteiger partial charge is 0.414 e. The highest BCUT2D eigenvalue weighted by molar-refractivity contribution is 7.98. The number of thioether (sulfide) groups is 1. The van der Waals surface area contributed by atoms with Crippen LogP contribution in [0.4, 0.5) is 0 Å². The van der Waals surface area contributed by atoms with Gasteiger partial charge in [-0.05, 0) is 31.1 Å². The van der Waals surface area contributed by atoms with Crippen LogP contribution in [-0.4, -0.2) is 26.0 Å². The molecule has 0 unspecified atom stereocenters. The van der Waals surface area contributed by atoms with Gasteiger partial charge >= 0.3 is 0 Å². The highest BCUT2D eigenvalue weighted by atomic mass is 32.2. The maximum atomic E-state index is 12.7. The highest BCUT2D eigenvalue weighted by Crippen LogP contribution is 2.34. The normalized spacial score (nSPS) is 14.0. The van der Waals surface area contributed by atoms with E-state index in [0.29, 0.717) is 11.1 Å². The van der Waals surface area contributed by atoms with Crippen molar-refractivity contribution in [1.82, 2.24) is 19.7 Å². The van der Waals surface area contributed by atoms with Gasteiger partial charge in [0.25, 0.3) is 10.8 Å². The second-order valence-electron chi connectivity index (χ2n) is 4.88. The Morgan fingerprint density at radius 2 is 2.33 bits per heavy atom. The van der Waals surface area contributed by atoms with Gasteiger partial charge in [-0.15, -0.1) is 21.5 Å². The van der Waals surface area contributed by atoms with E-state index in [1.807, 2.05) is 6.26 Å². The molecule has 3 heterocycles. The van der Waals surface area contributed by atoms with Crippen LogP contribution >= 0.6 is 23.1 Å². The lowest BCUT2D eigenvalue weighted by Crippen LogP contribution is -2.21. The third-order valence-electron chi connectivity index (χ3n) is 3.62. The molecule has 0 N–H and O–H groups in total. The summed E-state index contributed by atoms with van der Waals surface area (Å²) < 4.78 is 6.98. The van der Waals surface area contributed by atoms with Gasteiger partial charge in [-0.1, -0.05) is 11.8 Å². The zero-order chi connectivity index (χ0) is 14.4. The van der Waals surface area contributed by atoms with Gasteiger partial charge in [0.2, 0.25) is 5.89 Å². The molecule has 3 aromatic heterocycles. The quantitative estimate of drug-likeness (QED) is 0.688. The Morgan fingerprint density at radius 3 is 3.14 bits per heavy atom. The van der Waals surface area contributed by atoms with Gasteiger partial charge in [0.05, 0.1) is 11.7 Å². The van der Waals surface area contributed by atoms with Crippen LogP contribution in [-0.2, 0) is 19.4 Å². The molecule has 0 atom stereocenters. The molecule has 1 aliphatic carbocycles. The zero-order valence-corrected chi connectivity index (χ0v) is 13.0. The van der Waals surface area contributed by atoms with E-state index < -0.39 is 0 Å². The summed E-state index contributed by atoms with van der Waals surface area (Å²) in [7, 11) is 0. The average Bonchev–Trinajstić information content (AvgIpc) is 3.16. The van der Waals surface area contributed by atoms with Crippen molar-refractivity contribution in [3.05, 3.63) is 33.0 Å². The molecule has 0 spiro atoms. The third-order valence-corrected chi connectivity index (χ3v) is 5.33. The van der Waals surface area contributed by atoms with E-state index in [1.165, 1.54) is 22.2 Å². The fraction of sp³-hybridized carbons (Fsp3) is 0.385. The second-order valence-corrected chi connectivity index (χ2v) is 6.72. The predicted molar refractivity (Wildman–Crippen MR) is 81.1 cm³/mol. The second kappa shape index (κ2) is 4.96. The minimum absolute atomic E-state index is 0.0108. The number of fused-ring (bicyclic) bond motifs is 3. The van der Waals surface area contributed by atoms with Crippen molar-refractivity contribution in [3.63, 3.8) is 0 Å². The first-order valence-electron chi connectivity index (χ1n) is 6.62. The van der Waals surface area contributed by atoms with Gasteiger partial charge in [0, 0.05) is 4.88 Å². The average molecular weight is 320 g/mol. The topological polar surface area (TPSA) is 73.8 Å². The number of aryl methyl sites for hydroxylation is 2. The fourth-order valence-electron chi connectivity index (χ4n) is 2.66. The molecule has 0 radical (unpaired) electrons. The van der Waals surface area contributed by atoms with Gasteiger partial charge < -0.3 is 4.42 Å². The molecule has 0 saturated heterocycles. The van der Waals surface area contributed by atoms with E-state index in [9.17, 15) is 4.79 Å². The van der Waals surface area contributed by atoms with Crippen LogP contribution in [0.2, 0.25) is 0 Å². The van der Waals surface area contributed by atoms with E-state index >= 15 is 0 Å². The number of hydrogen-bond donors (Lipinski definition) is 0. The first kappa shape index (κ1) is 13.0. The van der Waals surface area contributed by atoms with E-state index in [1.54, 1.807) is 22.2 Å². The smallest absolute Gasteiger partial charge is 0.276 e. The molecule has 0 amide bonds.